The summed E-state index contributed by atoms with van der Waals surface area (Å²) in [5.74, 6) is -1.13. The number of unbranched alkanes of at least 4 members (excludes halogenated alkanes) is 7. The Labute approximate surface area is 167 Å². The molecule has 6 heteroatoms. The molecule has 0 saturated heterocycles. The molecule has 0 bridgehead atoms. The molecular weight excluding hydrogens is 358 g/mol. The van der Waals surface area contributed by atoms with E-state index in [9.17, 15) is 19.8 Å². The van der Waals surface area contributed by atoms with Crippen LogP contribution >= 0.6 is 0 Å². The summed E-state index contributed by atoms with van der Waals surface area (Å²) in [7, 11) is 1.44. The van der Waals surface area contributed by atoms with E-state index in [1.54, 1.807) is 12.1 Å². The average molecular weight is 392 g/mol. The van der Waals surface area contributed by atoms with Crippen LogP contribution in [0.4, 0.5) is 0 Å². The van der Waals surface area contributed by atoms with Crippen molar-refractivity contribution in [3.63, 3.8) is 0 Å². The normalized spacial score (nSPS) is 12.1. The summed E-state index contributed by atoms with van der Waals surface area (Å²) in [6.07, 6.45) is 12.6. The second kappa shape index (κ2) is 13.6. The zero-order valence-corrected chi connectivity index (χ0v) is 16.9. The number of phenolic OH excluding ortho intramolecular Hbond substituents is 1. The standard InChI is InChI=1S/C22H33NO5/c1-3-4-5-6-7-8-9-10-11-12-21(25)23-19(22(26)27)15-17-13-14-18(24)16-20(17)28-2/h11-14,16,19,24H,3-10,15H2,1-2H3,(H,23,25)(H,26,27)/b12-11+. The number of carboxylic acids is 1. The molecule has 1 unspecified atom stereocenters. The van der Waals surface area contributed by atoms with Crippen molar-refractivity contribution in [2.75, 3.05) is 7.11 Å². The summed E-state index contributed by atoms with van der Waals surface area (Å²) in [4.78, 5) is 23.5. The smallest absolute Gasteiger partial charge is 0.326 e. The van der Waals surface area contributed by atoms with E-state index in [4.69, 9.17) is 4.74 Å². The molecule has 1 atom stereocenters. The van der Waals surface area contributed by atoms with Gasteiger partial charge in [0.15, 0.2) is 0 Å². The van der Waals surface area contributed by atoms with Crippen molar-refractivity contribution in [2.45, 2.75) is 70.8 Å². The molecule has 1 aromatic rings. The molecular formula is C22H33NO5. The number of methoxy groups -OCH3 is 1. The molecule has 28 heavy (non-hydrogen) atoms. The van der Waals surface area contributed by atoms with Crippen LogP contribution in [-0.4, -0.2) is 35.2 Å². The summed E-state index contributed by atoms with van der Waals surface area (Å²) < 4.78 is 5.17. The van der Waals surface area contributed by atoms with Crippen LogP contribution in [0, 0.1) is 0 Å². The van der Waals surface area contributed by atoms with Gasteiger partial charge in [0.05, 0.1) is 7.11 Å². The summed E-state index contributed by atoms with van der Waals surface area (Å²) in [5.41, 5.74) is 0.597. The predicted octanol–water partition coefficient (Wildman–Crippen LogP) is 4.21. The number of carbonyl (C=O) groups excluding carboxylic acids is 1. The highest BCUT2D eigenvalue weighted by molar-refractivity contribution is 5.91. The molecule has 3 N–H and O–H groups in total. The molecule has 0 aliphatic heterocycles. The third-order valence-electron chi connectivity index (χ3n) is 4.55. The third kappa shape index (κ3) is 9.44. The van der Waals surface area contributed by atoms with E-state index < -0.39 is 17.9 Å². The van der Waals surface area contributed by atoms with Crippen LogP contribution in [0.1, 0.15) is 63.9 Å². The number of allylic oxidation sites excluding steroid dienone is 1. The topological polar surface area (TPSA) is 95.9 Å². The molecule has 0 heterocycles. The lowest BCUT2D eigenvalue weighted by Crippen LogP contribution is -2.41. The van der Waals surface area contributed by atoms with Gasteiger partial charge in [-0.25, -0.2) is 4.79 Å². The van der Waals surface area contributed by atoms with Crippen LogP contribution in [0.2, 0.25) is 0 Å². The van der Waals surface area contributed by atoms with Gasteiger partial charge in [-0.3, -0.25) is 4.79 Å². The summed E-state index contributed by atoms with van der Waals surface area (Å²) in [5, 5.41) is 21.4. The molecule has 0 saturated carbocycles. The number of hydrogen-bond donors (Lipinski definition) is 3. The number of carboxylic acid groups (broad SMARTS) is 1. The Balaban J connectivity index is 2.43. The van der Waals surface area contributed by atoms with Crippen LogP contribution in [0.15, 0.2) is 30.4 Å². The quantitative estimate of drug-likeness (QED) is 0.326. The van der Waals surface area contributed by atoms with Crippen molar-refractivity contribution in [2.24, 2.45) is 0 Å². The van der Waals surface area contributed by atoms with E-state index in [0.29, 0.717) is 11.3 Å². The van der Waals surface area contributed by atoms with E-state index in [1.165, 1.54) is 57.4 Å². The SMILES string of the molecule is CCCCCCCCC/C=C/C(=O)NC(Cc1ccc(O)cc1OC)C(=O)O. The van der Waals surface area contributed by atoms with E-state index in [0.717, 1.165) is 19.3 Å². The molecule has 0 aliphatic rings. The first-order valence-corrected chi connectivity index (χ1v) is 10.0. The molecule has 0 fully saturated rings. The number of phenols is 1. The molecule has 0 spiro atoms. The van der Waals surface area contributed by atoms with Crippen molar-refractivity contribution < 1.29 is 24.5 Å². The number of ether oxygens (including phenoxy) is 1. The Morgan fingerprint density at radius 3 is 2.46 bits per heavy atom. The molecule has 1 rings (SSSR count). The van der Waals surface area contributed by atoms with E-state index >= 15 is 0 Å². The van der Waals surface area contributed by atoms with Gasteiger partial charge in [-0.05, 0) is 30.5 Å². The van der Waals surface area contributed by atoms with Crippen molar-refractivity contribution in [1.82, 2.24) is 5.32 Å². The van der Waals surface area contributed by atoms with Crippen molar-refractivity contribution in [3.05, 3.63) is 35.9 Å². The maximum Gasteiger partial charge on any atom is 0.326 e. The zero-order chi connectivity index (χ0) is 20.8. The van der Waals surface area contributed by atoms with Gasteiger partial charge in [0.25, 0.3) is 0 Å². The molecule has 1 amide bonds. The van der Waals surface area contributed by atoms with Gasteiger partial charge in [-0.2, -0.15) is 0 Å². The van der Waals surface area contributed by atoms with E-state index in [2.05, 4.69) is 12.2 Å². The van der Waals surface area contributed by atoms with Crippen LogP contribution in [0.25, 0.3) is 0 Å². The van der Waals surface area contributed by atoms with E-state index in [1.807, 2.05) is 0 Å². The lowest BCUT2D eigenvalue weighted by atomic mass is 10.0. The van der Waals surface area contributed by atoms with Gasteiger partial charge in [0.2, 0.25) is 5.91 Å². The second-order valence-electron chi connectivity index (χ2n) is 6.91. The number of hydrogen-bond acceptors (Lipinski definition) is 4. The lowest BCUT2D eigenvalue weighted by molar-refractivity contribution is -0.141. The summed E-state index contributed by atoms with van der Waals surface area (Å²) >= 11 is 0. The van der Waals surface area contributed by atoms with Gasteiger partial charge in [-0.1, -0.05) is 57.6 Å². The Bertz CT molecular complexity index is 642. The number of nitrogens with one attached hydrogen (secondary N) is 1. The van der Waals surface area contributed by atoms with Gasteiger partial charge < -0.3 is 20.3 Å². The fourth-order valence-electron chi connectivity index (χ4n) is 2.95. The van der Waals surface area contributed by atoms with Crippen LogP contribution < -0.4 is 10.1 Å². The summed E-state index contributed by atoms with van der Waals surface area (Å²) in [6.45, 7) is 2.20. The van der Waals surface area contributed by atoms with E-state index in [-0.39, 0.29) is 12.2 Å². The maximum absolute atomic E-state index is 12.0. The number of aliphatic carboxylic acids is 1. The number of rotatable bonds is 14. The monoisotopic (exact) mass is 391 g/mol. The fourth-order valence-corrected chi connectivity index (χ4v) is 2.95. The Kier molecular flexibility index (Phi) is 11.5. The summed E-state index contributed by atoms with van der Waals surface area (Å²) in [6, 6.07) is 3.39. The second-order valence-corrected chi connectivity index (χ2v) is 6.91. The number of aromatic hydroxyl groups is 1. The molecule has 0 aromatic heterocycles. The minimum Gasteiger partial charge on any atom is -0.508 e. The van der Waals surface area contributed by atoms with Gasteiger partial charge in [0, 0.05) is 12.5 Å². The highest BCUT2D eigenvalue weighted by atomic mass is 16.5. The minimum absolute atomic E-state index is 0.0322. The van der Waals surface area contributed by atoms with Crippen molar-refractivity contribution >= 4 is 11.9 Å². The van der Waals surface area contributed by atoms with Crippen molar-refractivity contribution in [1.29, 1.82) is 0 Å². The predicted molar refractivity (Wildman–Crippen MR) is 110 cm³/mol. The van der Waals surface area contributed by atoms with Crippen LogP contribution in [0.5, 0.6) is 11.5 Å². The molecule has 156 valence electrons. The molecule has 0 radical (unpaired) electrons. The fraction of sp³-hybridized carbons (Fsp3) is 0.545. The van der Waals surface area contributed by atoms with Gasteiger partial charge in [0.1, 0.15) is 17.5 Å². The number of amides is 1. The first-order valence-electron chi connectivity index (χ1n) is 10.0. The van der Waals surface area contributed by atoms with Crippen LogP contribution in [0.3, 0.4) is 0 Å². The highest BCUT2D eigenvalue weighted by Crippen LogP contribution is 2.25. The molecule has 6 nitrogen and oxygen atoms in total. The number of benzene rings is 1. The third-order valence-corrected chi connectivity index (χ3v) is 4.55. The minimum atomic E-state index is -1.12. The van der Waals surface area contributed by atoms with Crippen molar-refractivity contribution in [3.8, 4) is 11.5 Å². The van der Waals surface area contributed by atoms with Crippen LogP contribution in [-0.2, 0) is 16.0 Å². The largest absolute Gasteiger partial charge is 0.508 e. The number of carbonyl (C=O) groups is 2. The lowest BCUT2D eigenvalue weighted by Gasteiger charge is -2.15. The maximum atomic E-state index is 12.0. The first-order chi connectivity index (χ1) is 13.5. The molecule has 1 aromatic carbocycles. The van der Waals surface area contributed by atoms with Gasteiger partial charge in [-0.15, -0.1) is 0 Å². The first kappa shape index (κ1) is 23.5. The Hall–Kier alpha value is -2.50. The Morgan fingerprint density at radius 1 is 1.14 bits per heavy atom. The highest BCUT2D eigenvalue weighted by Gasteiger charge is 2.21. The average Bonchev–Trinajstić information content (AvgIpc) is 2.67. The molecule has 0 aliphatic carbocycles. The zero-order valence-electron chi connectivity index (χ0n) is 16.9. The Morgan fingerprint density at radius 2 is 1.82 bits per heavy atom. The van der Waals surface area contributed by atoms with Gasteiger partial charge >= 0.3 is 5.97 Å².